The van der Waals surface area contributed by atoms with Gasteiger partial charge >= 0.3 is 0 Å². The zero-order chi connectivity index (χ0) is 19.5. The lowest BCUT2D eigenvalue weighted by atomic mass is 10.2. The van der Waals surface area contributed by atoms with Gasteiger partial charge in [-0.3, -0.25) is 20.4 Å². The first-order valence-corrected chi connectivity index (χ1v) is 8.67. The summed E-state index contributed by atoms with van der Waals surface area (Å²) in [4.78, 5) is 23.9. The van der Waals surface area contributed by atoms with E-state index in [0.29, 0.717) is 36.9 Å². The second-order valence-corrected chi connectivity index (χ2v) is 5.68. The summed E-state index contributed by atoms with van der Waals surface area (Å²) in [5.74, 6) is 0.220. The summed E-state index contributed by atoms with van der Waals surface area (Å²) in [6, 6.07) is 14.0. The zero-order valence-corrected chi connectivity index (χ0v) is 15.5. The van der Waals surface area contributed by atoms with Crippen molar-refractivity contribution in [1.29, 1.82) is 0 Å². The van der Waals surface area contributed by atoms with Crippen LogP contribution in [-0.2, 0) is 9.53 Å². The number of benzene rings is 2. The van der Waals surface area contributed by atoms with E-state index in [1.54, 1.807) is 36.4 Å². The van der Waals surface area contributed by atoms with E-state index < -0.39 is 11.8 Å². The van der Waals surface area contributed by atoms with Crippen molar-refractivity contribution < 1.29 is 23.8 Å². The van der Waals surface area contributed by atoms with Crippen LogP contribution >= 0.6 is 0 Å². The van der Waals surface area contributed by atoms with E-state index in [1.807, 2.05) is 26.0 Å². The highest BCUT2D eigenvalue weighted by atomic mass is 16.5. The first-order valence-electron chi connectivity index (χ1n) is 8.67. The van der Waals surface area contributed by atoms with Crippen LogP contribution in [0.4, 0.5) is 0 Å². The SMILES string of the molecule is CCOCCOc1cccc(C(=O)NNC(=O)COc2ccc(C)cc2)c1. The maximum absolute atomic E-state index is 12.1. The van der Waals surface area contributed by atoms with Gasteiger partial charge in [0.2, 0.25) is 0 Å². The molecule has 0 aliphatic heterocycles. The molecule has 0 radical (unpaired) electrons. The summed E-state index contributed by atoms with van der Waals surface area (Å²) >= 11 is 0. The molecule has 0 saturated heterocycles. The van der Waals surface area contributed by atoms with Crippen LogP contribution in [0, 0.1) is 6.92 Å². The van der Waals surface area contributed by atoms with Gasteiger partial charge in [0, 0.05) is 12.2 Å². The van der Waals surface area contributed by atoms with E-state index in [1.165, 1.54) is 0 Å². The van der Waals surface area contributed by atoms with E-state index in [9.17, 15) is 9.59 Å². The molecule has 0 atom stereocenters. The Bertz CT molecular complexity index is 746. The number of nitrogens with one attached hydrogen (secondary N) is 2. The summed E-state index contributed by atoms with van der Waals surface area (Å²) in [7, 11) is 0. The zero-order valence-electron chi connectivity index (χ0n) is 15.5. The predicted molar refractivity (Wildman–Crippen MR) is 101 cm³/mol. The molecule has 0 heterocycles. The standard InChI is InChI=1S/C20H24N2O5/c1-3-25-11-12-26-18-6-4-5-16(13-18)20(24)22-21-19(23)14-27-17-9-7-15(2)8-10-17/h4-10,13H,3,11-12,14H2,1-2H3,(H,21,23)(H,22,24). The van der Waals surface area contributed by atoms with Crippen LogP contribution < -0.4 is 20.3 Å². The van der Waals surface area contributed by atoms with E-state index in [0.717, 1.165) is 5.56 Å². The van der Waals surface area contributed by atoms with Gasteiger partial charge in [0.15, 0.2) is 6.61 Å². The van der Waals surface area contributed by atoms with Crippen molar-refractivity contribution in [2.45, 2.75) is 13.8 Å². The molecular weight excluding hydrogens is 348 g/mol. The minimum Gasteiger partial charge on any atom is -0.491 e. The smallest absolute Gasteiger partial charge is 0.276 e. The van der Waals surface area contributed by atoms with Crippen LogP contribution in [-0.4, -0.2) is 38.2 Å². The maximum atomic E-state index is 12.1. The van der Waals surface area contributed by atoms with E-state index in [2.05, 4.69) is 10.9 Å². The molecule has 0 aliphatic carbocycles. The Morgan fingerprint density at radius 1 is 0.926 bits per heavy atom. The molecule has 0 bridgehead atoms. The van der Waals surface area contributed by atoms with Crippen molar-refractivity contribution in [3.63, 3.8) is 0 Å². The number of hydrogen-bond donors (Lipinski definition) is 2. The van der Waals surface area contributed by atoms with Gasteiger partial charge in [0.25, 0.3) is 11.8 Å². The van der Waals surface area contributed by atoms with Gasteiger partial charge in [-0.25, -0.2) is 0 Å². The lowest BCUT2D eigenvalue weighted by Gasteiger charge is -2.10. The molecule has 2 rings (SSSR count). The van der Waals surface area contributed by atoms with E-state index >= 15 is 0 Å². The Labute approximate surface area is 158 Å². The van der Waals surface area contributed by atoms with Crippen molar-refractivity contribution in [2.24, 2.45) is 0 Å². The van der Waals surface area contributed by atoms with E-state index in [-0.39, 0.29) is 6.61 Å². The number of amides is 2. The lowest BCUT2D eigenvalue weighted by Crippen LogP contribution is -2.43. The predicted octanol–water partition coefficient (Wildman–Crippen LogP) is 2.25. The third kappa shape index (κ3) is 7.37. The van der Waals surface area contributed by atoms with Crippen LogP contribution in [0.15, 0.2) is 48.5 Å². The number of rotatable bonds is 9. The third-order valence-electron chi connectivity index (χ3n) is 3.50. The highest BCUT2D eigenvalue weighted by Gasteiger charge is 2.09. The first-order chi connectivity index (χ1) is 13.1. The average Bonchev–Trinajstić information content (AvgIpc) is 2.69. The Balaban J connectivity index is 1.75. The number of aryl methyl sites for hydroxylation is 1. The van der Waals surface area contributed by atoms with Gasteiger partial charge in [-0.2, -0.15) is 0 Å². The van der Waals surface area contributed by atoms with Crippen molar-refractivity contribution in [3.05, 3.63) is 59.7 Å². The second-order valence-electron chi connectivity index (χ2n) is 5.68. The topological polar surface area (TPSA) is 85.9 Å². The van der Waals surface area contributed by atoms with Crippen LogP contribution in [0.2, 0.25) is 0 Å². The normalized spacial score (nSPS) is 10.1. The molecule has 0 aliphatic rings. The third-order valence-corrected chi connectivity index (χ3v) is 3.50. The molecular formula is C20H24N2O5. The fourth-order valence-electron chi connectivity index (χ4n) is 2.11. The Morgan fingerprint density at radius 2 is 1.70 bits per heavy atom. The van der Waals surface area contributed by atoms with Crippen molar-refractivity contribution >= 4 is 11.8 Å². The summed E-state index contributed by atoms with van der Waals surface area (Å²) in [5, 5.41) is 0. The molecule has 0 spiro atoms. The van der Waals surface area contributed by atoms with Gasteiger partial charge in [-0.05, 0) is 44.2 Å². The van der Waals surface area contributed by atoms with Gasteiger partial charge < -0.3 is 14.2 Å². The van der Waals surface area contributed by atoms with Crippen LogP contribution in [0.3, 0.4) is 0 Å². The largest absolute Gasteiger partial charge is 0.491 e. The van der Waals surface area contributed by atoms with Crippen molar-refractivity contribution in [2.75, 3.05) is 26.4 Å². The molecule has 2 amide bonds. The summed E-state index contributed by atoms with van der Waals surface area (Å²) in [6.07, 6.45) is 0. The summed E-state index contributed by atoms with van der Waals surface area (Å²) < 4.78 is 16.1. The Hall–Kier alpha value is -3.06. The van der Waals surface area contributed by atoms with Gasteiger partial charge in [-0.1, -0.05) is 23.8 Å². The molecule has 7 heteroatoms. The fourth-order valence-corrected chi connectivity index (χ4v) is 2.11. The molecule has 144 valence electrons. The monoisotopic (exact) mass is 372 g/mol. The fraction of sp³-hybridized carbons (Fsp3) is 0.300. The van der Waals surface area contributed by atoms with E-state index in [4.69, 9.17) is 14.2 Å². The van der Waals surface area contributed by atoms with Crippen molar-refractivity contribution in [3.8, 4) is 11.5 Å². The summed E-state index contributed by atoms with van der Waals surface area (Å²) in [5.41, 5.74) is 6.13. The maximum Gasteiger partial charge on any atom is 0.276 e. The molecule has 2 aromatic carbocycles. The second kappa shape index (κ2) is 10.8. The molecule has 27 heavy (non-hydrogen) atoms. The van der Waals surface area contributed by atoms with Gasteiger partial charge in [0.1, 0.15) is 18.1 Å². The minimum atomic E-state index is -0.465. The average molecular weight is 372 g/mol. The number of hydrogen-bond acceptors (Lipinski definition) is 5. The molecule has 0 unspecified atom stereocenters. The van der Waals surface area contributed by atoms with Crippen LogP contribution in [0.25, 0.3) is 0 Å². The number of hydrazine groups is 1. The lowest BCUT2D eigenvalue weighted by molar-refractivity contribution is -0.123. The van der Waals surface area contributed by atoms with Crippen LogP contribution in [0.1, 0.15) is 22.8 Å². The number of ether oxygens (including phenoxy) is 3. The Morgan fingerprint density at radius 3 is 2.44 bits per heavy atom. The minimum absolute atomic E-state index is 0.204. The molecule has 0 fully saturated rings. The molecule has 2 aromatic rings. The van der Waals surface area contributed by atoms with Gasteiger partial charge in [-0.15, -0.1) is 0 Å². The highest BCUT2D eigenvalue weighted by Crippen LogP contribution is 2.13. The molecule has 0 aromatic heterocycles. The first kappa shape index (κ1) is 20.3. The summed E-state index contributed by atoms with van der Waals surface area (Å²) in [6.45, 7) is 5.16. The van der Waals surface area contributed by atoms with Crippen LogP contribution in [0.5, 0.6) is 11.5 Å². The molecule has 7 nitrogen and oxygen atoms in total. The highest BCUT2D eigenvalue weighted by molar-refractivity contribution is 5.95. The number of carbonyl (C=O) groups excluding carboxylic acids is 2. The van der Waals surface area contributed by atoms with Gasteiger partial charge in [0.05, 0.1) is 6.61 Å². The number of carbonyl (C=O) groups is 2. The van der Waals surface area contributed by atoms with Crippen molar-refractivity contribution in [1.82, 2.24) is 10.9 Å². The quantitative estimate of drug-likeness (QED) is 0.521. The Kier molecular flexibility index (Phi) is 8.12. The molecule has 0 saturated carbocycles. The molecule has 2 N–H and O–H groups in total.